The van der Waals surface area contributed by atoms with E-state index < -0.39 is 5.60 Å². The van der Waals surface area contributed by atoms with E-state index in [1.165, 1.54) is 11.1 Å². The largest absolute Gasteiger partial charge is 0.478 e. The molecular formula is C33H46N4O3. The zero-order chi connectivity index (χ0) is 28.3. The van der Waals surface area contributed by atoms with Gasteiger partial charge in [0.1, 0.15) is 5.75 Å². The molecule has 5 rings (SSSR count). The fourth-order valence-electron chi connectivity index (χ4n) is 6.00. The molecule has 0 aromatic heterocycles. The quantitative estimate of drug-likeness (QED) is 0.489. The van der Waals surface area contributed by atoms with Gasteiger partial charge in [0.25, 0.3) is 5.91 Å². The Bertz CT molecular complexity index is 1190. The van der Waals surface area contributed by atoms with Crippen LogP contribution in [0.2, 0.25) is 0 Å². The molecule has 2 heterocycles. The Hall–Kier alpha value is -3.06. The maximum absolute atomic E-state index is 13.9. The Morgan fingerprint density at radius 3 is 2.50 bits per heavy atom. The van der Waals surface area contributed by atoms with Gasteiger partial charge in [0, 0.05) is 63.6 Å². The standard InChI is InChI=1S/C33H46N4O3/c1-24(2)26-9-5-8-25(20-26)22-37(28-13-14-28)31(38)27-10-7-17-36(23-27)29-11-6-12-30(21-29)40-33(3,4)32(39)35-18-15-34-16-19-35/h5-6,8-9,11-12,20-21,24,27-28,34H,7,10,13-19,22-23H2,1-4H3. The van der Waals surface area contributed by atoms with E-state index in [0.717, 1.165) is 51.0 Å². The average molecular weight is 547 g/mol. The maximum Gasteiger partial charge on any atom is 0.266 e. The summed E-state index contributed by atoms with van der Waals surface area (Å²) in [6, 6.07) is 17.1. The molecule has 2 aliphatic heterocycles. The summed E-state index contributed by atoms with van der Waals surface area (Å²) in [7, 11) is 0. The van der Waals surface area contributed by atoms with Crippen LogP contribution in [-0.4, -0.2) is 72.5 Å². The van der Waals surface area contributed by atoms with Crippen molar-refractivity contribution in [3.8, 4) is 5.75 Å². The number of benzene rings is 2. The minimum atomic E-state index is -0.950. The number of carbonyl (C=O) groups is 2. The third-order valence-corrected chi connectivity index (χ3v) is 8.49. The van der Waals surface area contributed by atoms with Gasteiger partial charge in [-0.3, -0.25) is 9.59 Å². The number of rotatable bonds is 9. The van der Waals surface area contributed by atoms with Crippen LogP contribution in [0.4, 0.5) is 5.69 Å². The summed E-state index contributed by atoms with van der Waals surface area (Å²) in [6.07, 6.45) is 4.12. The van der Waals surface area contributed by atoms with Crippen molar-refractivity contribution in [2.45, 2.75) is 77.5 Å². The van der Waals surface area contributed by atoms with Gasteiger partial charge < -0.3 is 24.8 Å². The molecule has 7 heteroatoms. The van der Waals surface area contributed by atoms with Crippen LogP contribution in [-0.2, 0) is 16.1 Å². The highest BCUT2D eigenvalue weighted by Gasteiger charge is 2.38. The molecule has 1 atom stereocenters. The molecule has 2 saturated heterocycles. The fourth-order valence-corrected chi connectivity index (χ4v) is 6.00. The van der Waals surface area contributed by atoms with Gasteiger partial charge in [0.2, 0.25) is 5.91 Å². The third-order valence-electron chi connectivity index (χ3n) is 8.49. The first kappa shape index (κ1) is 28.5. The van der Waals surface area contributed by atoms with E-state index in [2.05, 4.69) is 59.3 Å². The molecule has 0 spiro atoms. The summed E-state index contributed by atoms with van der Waals surface area (Å²) in [5.41, 5.74) is 2.64. The van der Waals surface area contributed by atoms with Crippen LogP contribution in [0.5, 0.6) is 5.75 Å². The van der Waals surface area contributed by atoms with E-state index in [4.69, 9.17) is 4.74 Å². The van der Waals surface area contributed by atoms with Crippen molar-refractivity contribution in [3.63, 3.8) is 0 Å². The lowest BCUT2D eigenvalue weighted by atomic mass is 9.95. The van der Waals surface area contributed by atoms with E-state index in [-0.39, 0.29) is 17.7 Å². The van der Waals surface area contributed by atoms with E-state index in [1.54, 1.807) is 0 Å². The minimum Gasteiger partial charge on any atom is -0.478 e. The van der Waals surface area contributed by atoms with Gasteiger partial charge in [-0.05, 0) is 68.7 Å². The van der Waals surface area contributed by atoms with Gasteiger partial charge in [-0.1, -0.05) is 44.2 Å². The lowest BCUT2D eigenvalue weighted by Gasteiger charge is -2.37. The van der Waals surface area contributed by atoms with Crippen LogP contribution in [0.3, 0.4) is 0 Å². The molecule has 0 bridgehead atoms. The predicted molar refractivity (Wildman–Crippen MR) is 160 cm³/mol. The molecule has 1 unspecified atom stereocenters. The highest BCUT2D eigenvalue weighted by atomic mass is 16.5. The van der Waals surface area contributed by atoms with Crippen molar-refractivity contribution in [2.24, 2.45) is 5.92 Å². The number of carbonyl (C=O) groups excluding carboxylic acids is 2. The van der Waals surface area contributed by atoms with Crippen molar-refractivity contribution in [3.05, 3.63) is 59.7 Å². The lowest BCUT2D eigenvalue weighted by Crippen LogP contribution is -2.54. The minimum absolute atomic E-state index is 0.0158. The van der Waals surface area contributed by atoms with Crippen LogP contribution in [0.1, 0.15) is 70.4 Å². The topological polar surface area (TPSA) is 65.1 Å². The molecule has 2 amide bonds. The molecule has 2 aromatic carbocycles. The van der Waals surface area contributed by atoms with Gasteiger partial charge in [-0.25, -0.2) is 0 Å². The monoisotopic (exact) mass is 546 g/mol. The Balaban J connectivity index is 1.25. The smallest absolute Gasteiger partial charge is 0.266 e. The molecule has 1 N–H and O–H groups in total. The van der Waals surface area contributed by atoms with Crippen molar-refractivity contribution in [2.75, 3.05) is 44.2 Å². The van der Waals surface area contributed by atoms with E-state index in [9.17, 15) is 9.59 Å². The Morgan fingerprint density at radius 2 is 1.77 bits per heavy atom. The first-order valence-corrected chi connectivity index (χ1v) is 15.1. The van der Waals surface area contributed by atoms with Gasteiger partial charge in [-0.15, -0.1) is 0 Å². The zero-order valence-electron chi connectivity index (χ0n) is 24.7. The summed E-state index contributed by atoms with van der Waals surface area (Å²) >= 11 is 0. The first-order chi connectivity index (χ1) is 19.2. The molecule has 1 saturated carbocycles. The van der Waals surface area contributed by atoms with Crippen LogP contribution in [0, 0.1) is 5.92 Å². The highest BCUT2D eigenvalue weighted by Crippen LogP contribution is 2.34. The number of nitrogens with one attached hydrogen (secondary N) is 1. The Morgan fingerprint density at radius 1 is 1.02 bits per heavy atom. The van der Waals surface area contributed by atoms with Gasteiger partial charge in [0.15, 0.2) is 5.60 Å². The van der Waals surface area contributed by atoms with Crippen LogP contribution in [0.15, 0.2) is 48.5 Å². The van der Waals surface area contributed by atoms with Crippen molar-refractivity contribution < 1.29 is 14.3 Å². The Kier molecular flexibility index (Phi) is 8.69. The number of hydrogen-bond donors (Lipinski definition) is 1. The molecule has 2 aromatic rings. The number of piperidine rings is 1. The lowest BCUT2D eigenvalue weighted by molar-refractivity contribution is -0.146. The fraction of sp³-hybridized carbons (Fsp3) is 0.576. The third kappa shape index (κ3) is 6.80. The molecule has 1 aliphatic carbocycles. The van der Waals surface area contributed by atoms with Crippen molar-refractivity contribution >= 4 is 17.5 Å². The Labute approximate surface area is 239 Å². The molecule has 216 valence electrons. The second-order valence-corrected chi connectivity index (χ2v) is 12.5. The summed E-state index contributed by atoms with van der Waals surface area (Å²) in [6.45, 7) is 13.5. The number of piperazine rings is 1. The molecule has 40 heavy (non-hydrogen) atoms. The number of hydrogen-bond acceptors (Lipinski definition) is 5. The highest BCUT2D eigenvalue weighted by molar-refractivity contribution is 5.85. The van der Waals surface area contributed by atoms with Crippen molar-refractivity contribution in [1.29, 1.82) is 0 Å². The van der Waals surface area contributed by atoms with E-state index in [1.807, 2.05) is 36.9 Å². The molecule has 3 aliphatic rings. The second-order valence-electron chi connectivity index (χ2n) is 12.5. The van der Waals surface area contributed by atoms with Gasteiger partial charge >= 0.3 is 0 Å². The van der Waals surface area contributed by atoms with Gasteiger partial charge in [0.05, 0.1) is 5.92 Å². The normalized spacial score (nSPS) is 20.0. The zero-order valence-corrected chi connectivity index (χ0v) is 24.7. The second kappa shape index (κ2) is 12.2. The van der Waals surface area contributed by atoms with Crippen LogP contribution < -0.4 is 15.0 Å². The molecular weight excluding hydrogens is 500 g/mol. The van der Waals surface area contributed by atoms with Crippen molar-refractivity contribution in [1.82, 2.24) is 15.1 Å². The molecule has 7 nitrogen and oxygen atoms in total. The molecule has 3 fully saturated rings. The maximum atomic E-state index is 13.9. The van der Waals surface area contributed by atoms with E-state index in [0.29, 0.717) is 43.9 Å². The van der Waals surface area contributed by atoms with Crippen LogP contribution in [0.25, 0.3) is 0 Å². The number of nitrogens with zero attached hydrogens (tertiary/aromatic N) is 3. The summed E-state index contributed by atoms with van der Waals surface area (Å²) in [4.78, 5) is 33.4. The van der Waals surface area contributed by atoms with Crippen LogP contribution >= 0.6 is 0 Å². The van der Waals surface area contributed by atoms with Gasteiger partial charge in [-0.2, -0.15) is 0 Å². The number of anilines is 1. The SMILES string of the molecule is CC(C)c1cccc(CN(C(=O)C2CCCN(c3cccc(OC(C)(C)C(=O)N4CCNCC4)c3)C2)C2CC2)c1. The predicted octanol–water partition coefficient (Wildman–Crippen LogP) is 4.81. The summed E-state index contributed by atoms with van der Waals surface area (Å²) < 4.78 is 6.28. The summed E-state index contributed by atoms with van der Waals surface area (Å²) in [5.74, 6) is 1.45. The first-order valence-electron chi connectivity index (χ1n) is 15.1. The van der Waals surface area contributed by atoms with E-state index >= 15 is 0 Å². The number of ether oxygens (including phenoxy) is 1. The molecule has 0 radical (unpaired) electrons. The summed E-state index contributed by atoms with van der Waals surface area (Å²) in [5, 5.41) is 3.29. The number of amides is 2. The average Bonchev–Trinajstić information content (AvgIpc) is 3.81.